The first-order chi connectivity index (χ1) is 9.98. The maximum absolute atomic E-state index is 13.9. The topological polar surface area (TPSA) is 72.5 Å². The van der Waals surface area contributed by atoms with Gasteiger partial charge in [-0.2, -0.15) is 0 Å². The van der Waals surface area contributed by atoms with Gasteiger partial charge in [-0.15, -0.1) is 0 Å². The molecule has 0 aromatic heterocycles. The predicted octanol–water partition coefficient (Wildman–Crippen LogP) is 3.35. The van der Waals surface area contributed by atoms with Gasteiger partial charge >= 0.3 is 6.09 Å². The van der Waals surface area contributed by atoms with Gasteiger partial charge in [0.2, 0.25) is 9.05 Å². The SMILES string of the molecule is CC(C)(C)OC(=O)NC(CCS(=O)(=O)Cl)c1ccccc1F. The van der Waals surface area contributed by atoms with Gasteiger partial charge < -0.3 is 10.1 Å². The Labute approximate surface area is 134 Å². The van der Waals surface area contributed by atoms with Gasteiger partial charge in [0, 0.05) is 16.2 Å². The summed E-state index contributed by atoms with van der Waals surface area (Å²) in [5.74, 6) is -0.945. The number of rotatable bonds is 5. The molecule has 5 nitrogen and oxygen atoms in total. The smallest absolute Gasteiger partial charge is 0.408 e. The minimum absolute atomic E-state index is 0.0635. The van der Waals surface area contributed by atoms with E-state index in [1.165, 1.54) is 18.2 Å². The second-order valence-corrected chi connectivity index (χ2v) is 8.65. The van der Waals surface area contributed by atoms with Crippen LogP contribution in [0.3, 0.4) is 0 Å². The van der Waals surface area contributed by atoms with Crippen LogP contribution >= 0.6 is 10.7 Å². The van der Waals surface area contributed by atoms with Crippen molar-refractivity contribution in [2.75, 3.05) is 5.75 Å². The standard InChI is InChI=1S/C14H19ClFNO4S/c1-14(2,3)21-13(18)17-12(8-9-22(15,19)20)10-6-4-5-7-11(10)16/h4-7,12H,8-9H2,1-3H3,(H,17,18). The molecule has 8 heteroatoms. The van der Waals surface area contributed by atoms with Crippen LogP contribution in [-0.2, 0) is 13.8 Å². The Balaban J connectivity index is 2.92. The highest BCUT2D eigenvalue weighted by Crippen LogP contribution is 2.22. The lowest BCUT2D eigenvalue weighted by atomic mass is 10.0. The Bertz CT molecular complexity index is 628. The summed E-state index contributed by atoms with van der Waals surface area (Å²) < 4.78 is 41.2. The third kappa shape index (κ3) is 7.09. The van der Waals surface area contributed by atoms with Crippen molar-refractivity contribution in [3.05, 3.63) is 35.6 Å². The van der Waals surface area contributed by atoms with Crippen molar-refractivity contribution >= 4 is 25.8 Å². The minimum Gasteiger partial charge on any atom is -0.444 e. The summed E-state index contributed by atoms with van der Waals surface area (Å²) >= 11 is 0. The van der Waals surface area contributed by atoms with E-state index in [0.717, 1.165) is 0 Å². The van der Waals surface area contributed by atoms with E-state index in [2.05, 4.69) is 5.32 Å². The zero-order chi connectivity index (χ0) is 17.0. The Morgan fingerprint density at radius 1 is 1.36 bits per heavy atom. The molecule has 0 heterocycles. The van der Waals surface area contributed by atoms with E-state index in [0.29, 0.717) is 0 Å². The van der Waals surface area contributed by atoms with E-state index in [9.17, 15) is 17.6 Å². The lowest BCUT2D eigenvalue weighted by Crippen LogP contribution is -2.35. The van der Waals surface area contributed by atoms with E-state index < -0.39 is 38.4 Å². The molecule has 0 aliphatic rings. The molecule has 1 unspecified atom stereocenters. The molecule has 0 saturated heterocycles. The highest BCUT2D eigenvalue weighted by Gasteiger charge is 2.23. The van der Waals surface area contributed by atoms with Gasteiger partial charge in [-0.3, -0.25) is 0 Å². The average Bonchev–Trinajstić information content (AvgIpc) is 2.32. The van der Waals surface area contributed by atoms with Gasteiger partial charge in [-0.25, -0.2) is 17.6 Å². The number of alkyl carbamates (subject to hydrolysis) is 1. The molecule has 0 aliphatic carbocycles. The Hall–Kier alpha value is -1.34. The molecule has 1 aromatic rings. The van der Waals surface area contributed by atoms with Gasteiger partial charge in [0.25, 0.3) is 0 Å². The number of ether oxygens (including phenoxy) is 1. The molecule has 1 rings (SSSR count). The number of carbonyl (C=O) groups is 1. The summed E-state index contributed by atoms with van der Waals surface area (Å²) in [6, 6.07) is 4.94. The van der Waals surface area contributed by atoms with E-state index in [-0.39, 0.29) is 12.0 Å². The zero-order valence-corrected chi connectivity index (χ0v) is 14.2. The van der Waals surface area contributed by atoms with E-state index in [1.54, 1.807) is 26.8 Å². The Morgan fingerprint density at radius 3 is 2.45 bits per heavy atom. The van der Waals surface area contributed by atoms with Gasteiger partial charge in [0.05, 0.1) is 11.8 Å². The zero-order valence-electron chi connectivity index (χ0n) is 12.6. The molecule has 0 saturated carbocycles. The quantitative estimate of drug-likeness (QED) is 0.826. The molecule has 1 atom stereocenters. The normalized spacial score (nSPS) is 13.5. The fourth-order valence-electron chi connectivity index (χ4n) is 1.77. The first-order valence-corrected chi connectivity index (χ1v) is 9.12. The van der Waals surface area contributed by atoms with E-state index in [1.807, 2.05) is 0 Å². The molecule has 22 heavy (non-hydrogen) atoms. The van der Waals surface area contributed by atoms with Crippen LogP contribution < -0.4 is 5.32 Å². The third-order valence-corrected chi connectivity index (χ3v) is 3.81. The lowest BCUT2D eigenvalue weighted by molar-refractivity contribution is 0.0501. The summed E-state index contributed by atoms with van der Waals surface area (Å²) in [4.78, 5) is 11.8. The van der Waals surface area contributed by atoms with Gasteiger partial charge in [-0.1, -0.05) is 18.2 Å². The molecule has 1 N–H and O–H groups in total. The maximum atomic E-state index is 13.9. The van der Waals surface area contributed by atoms with Crippen molar-refractivity contribution in [2.45, 2.75) is 38.8 Å². The number of carbonyl (C=O) groups excluding carboxylic acids is 1. The number of amides is 1. The average molecular weight is 352 g/mol. The van der Waals surface area contributed by atoms with Crippen LogP contribution in [0.15, 0.2) is 24.3 Å². The summed E-state index contributed by atoms with van der Waals surface area (Å²) in [7, 11) is 1.43. The van der Waals surface area contributed by atoms with Gasteiger partial charge in [-0.05, 0) is 33.3 Å². The number of halogens is 2. The second-order valence-electron chi connectivity index (χ2n) is 5.75. The molecule has 0 radical (unpaired) electrons. The number of hydrogen-bond acceptors (Lipinski definition) is 4. The third-order valence-electron chi connectivity index (χ3n) is 2.62. The van der Waals surface area contributed by atoms with Crippen LogP contribution in [0.1, 0.15) is 38.8 Å². The maximum Gasteiger partial charge on any atom is 0.408 e. The first-order valence-electron chi connectivity index (χ1n) is 6.64. The van der Waals surface area contributed by atoms with Crippen molar-refractivity contribution in [2.24, 2.45) is 0 Å². The van der Waals surface area contributed by atoms with Gasteiger partial charge in [0.1, 0.15) is 11.4 Å². The van der Waals surface area contributed by atoms with E-state index >= 15 is 0 Å². The Kier molecular flexibility index (Phi) is 6.19. The summed E-state index contributed by atoms with van der Waals surface area (Å²) in [5.41, 5.74) is -0.545. The monoisotopic (exact) mass is 351 g/mol. The number of benzene rings is 1. The van der Waals surface area contributed by atoms with Crippen molar-refractivity contribution in [1.82, 2.24) is 5.32 Å². The van der Waals surface area contributed by atoms with Crippen molar-refractivity contribution in [1.29, 1.82) is 0 Å². The van der Waals surface area contributed by atoms with Crippen LogP contribution in [0.2, 0.25) is 0 Å². The Morgan fingerprint density at radius 2 is 1.95 bits per heavy atom. The fourth-order valence-corrected chi connectivity index (χ4v) is 2.56. The van der Waals surface area contributed by atoms with E-state index in [4.69, 9.17) is 15.4 Å². The summed E-state index contributed by atoms with van der Waals surface area (Å²) in [5, 5.41) is 2.48. The number of hydrogen-bond donors (Lipinski definition) is 1. The largest absolute Gasteiger partial charge is 0.444 e. The highest BCUT2D eigenvalue weighted by atomic mass is 35.7. The molecule has 0 bridgehead atoms. The van der Waals surface area contributed by atoms with Crippen LogP contribution in [0.5, 0.6) is 0 Å². The highest BCUT2D eigenvalue weighted by molar-refractivity contribution is 8.13. The molecule has 1 amide bonds. The molecule has 124 valence electrons. The van der Waals surface area contributed by atoms with Crippen LogP contribution in [0.4, 0.5) is 9.18 Å². The number of nitrogens with one attached hydrogen (secondary N) is 1. The molecular weight excluding hydrogens is 333 g/mol. The van der Waals surface area contributed by atoms with Crippen molar-refractivity contribution in [3.63, 3.8) is 0 Å². The summed E-state index contributed by atoms with van der Waals surface area (Å²) in [6.45, 7) is 5.07. The molecule has 0 aliphatic heterocycles. The first kappa shape index (κ1) is 18.7. The molecular formula is C14H19ClFNO4S. The van der Waals surface area contributed by atoms with Crippen LogP contribution in [0.25, 0.3) is 0 Å². The molecule has 1 aromatic carbocycles. The fraction of sp³-hybridized carbons (Fsp3) is 0.500. The van der Waals surface area contributed by atoms with Gasteiger partial charge in [0.15, 0.2) is 0 Å². The minimum atomic E-state index is -3.75. The molecule has 0 spiro atoms. The van der Waals surface area contributed by atoms with Crippen molar-refractivity contribution < 1.29 is 22.3 Å². The second kappa shape index (κ2) is 7.28. The predicted molar refractivity (Wildman–Crippen MR) is 82.8 cm³/mol. The van der Waals surface area contributed by atoms with Crippen LogP contribution in [-0.4, -0.2) is 25.9 Å². The van der Waals surface area contributed by atoms with Crippen molar-refractivity contribution in [3.8, 4) is 0 Å². The molecule has 0 fully saturated rings. The van der Waals surface area contributed by atoms with Crippen LogP contribution in [0, 0.1) is 5.82 Å². The summed E-state index contributed by atoms with van der Waals surface area (Å²) in [6.07, 6.45) is -0.820. The lowest BCUT2D eigenvalue weighted by Gasteiger charge is -2.24.